The Morgan fingerprint density at radius 3 is 2.68 bits per heavy atom. The van der Waals surface area contributed by atoms with Gasteiger partial charge in [-0.25, -0.2) is 4.79 Å². The number of aromatic nitrogens is 3. The number of hydrogen-bond acceptors (Lipinski definition) is 6. The highest BCUT2D eigenvalue weighted by molar-refractivity contribution is 6.08. The molecule has 0 unspecified atom stereocenters. The number of likely N-dealkylation sites (N-methyl/N-ethyl adjacent to an activating group) is 1. The average molecular weight is 466 g/mol. The Morgan fingerprint density at radius 2 is 2.00 bits per heavy atom. The van der Waals surface area contributed by atoms with Crippen LogP contribution in [-0.2, 0) is 11.8 Å². The van der Waals surface area contributed by atoms with Gasteiger partial charge < -0.3 is 24.3 Å². The van der Waals surface area contributed by atoms with E-state index in [1.807, 2.05) is 17.9 Å². The molecule has 34 heavy (non-hydrogen) atoms. The lowest BCUT2D eigenvalue weighted by molar-refractivity contribution is 0.102. The molecule has 1 aliphatic heterocycles. The summed E-state index contributed by atoms with van der Waals surface area (Å²) < 4.78 is 14.1. The van der Waals surface area contributed by atoms with Crippen LogP contribution >= 0.6 is 0 Å². The van der Waals surface area contributed by atoms with Gasteiger partial charge in [-0.05, 0) is 43.9 Å². The number of amides is 2. The Balaban J connectivity index is 1.39. The number of carbonyl (C=O) groups excluding carboxylic acids is 2. The van der Waals surface area contributed by atoms with Crippen LogP contribution in [0.25, 0.3) is 10.9 Å². The van der Waals surface area contributed by atoms with Crippen molar-refractivity contribution in [1.29, 1.82) is 0 Å². The molecule has 3 heterocycles. The highest BCUT2D eigenvalue weighted by Gasteiger charge is 2.47. The Morgan fingerprint density at radius 1 is 1.24 bits per heavy atom. The van der Waals surface area contributed by atoms with Crippen LogP contribution in [0.15, 0.2) is 41.5 Å². The third kappa shape index (κ3) is 3.59. The summed E-state index contributed by atoms with van der Waals surface area (Å²) in [6.45, 7) is 0.441. The first-order valence-corrected chi connectivity index (χ1v) is 11.3. The number of nitrogens with zero attached hydrogens (tertiary/aromatic N) is 4. The predicted octanol–water partition coefficient (Wildman–Crippen LogP) is 2.93. The third-order valence-corrected chi connectivity index (χ3v) is 7.17. The number of hydrogen-bond donors (Lipinski definition) is 1. The molecule has 1 saturated heterocycles. The first-order chi connectivity index (χ1) is 16.3. The van der Waals surface area contributed by atoms with Gasteiger partial charge >= 0.3 is 6.09 Å². The van der Waals surface area contributed by atoms with E-state index in [0.29, 0.717) is 17.9 Å². The number of methoxy groups -OCH3 is 1. The molecule has 0 bridgehead atoms. The molecule has 1 aromatic carbocycles. The molecule has 5 rings (SSSR count). The zero-order chi connectivity index (χ0) is 24.0. The Labute approximate surface area is 196 Å². The number of cyclic esters (lactones) is 1. The lowest BCUT2D eigenvalue weighted by Crippen LogP contribution is -2.47. The van der Waals surface area contributed by atoms with Crippen molar-refractivity contribution in [1.82, 2.24) is 19.2 Å². The average Bonchev–Trinajstić information content (AvgIpc) is 3.38. The first-order valence-electron chi connectivity index (χ1n) is 11.3. The maximum absolute atomic E-state index is 13.0. The van der Waals surface area contributed by atoms with Crippen molar-refractivity contribution in [2.45, 2.75) is 37.3 Å². The fraction of sp³-hybridized carbons (Fsp3) is 0.417. The summed E-state index contributed by atoms with van der Waals surface area (Å²) in [6.07, 6.45) is 6.75. The molecule has 3 aromatic rings. The maximum Gasteiger partial charge on any atom is 0.410 e. The molecule has 178 valence electrons. The fourth-order valence-corrected chi connectivity index (χ4v) is 4.95. The van der Waals surface area contributed by atoms with Gasteiger partial charge in [0.15, 0.2) is 0 Å². The molecule has 2 aromatic heterocycles. The first kappa shape index (κ1) is 22.0. The van der Waals surface area contributed by atoms with Gasteiger partial charge in [-0.2, -0.15) is 5.10 Å². The molecule has 2 amide bonds. The second-order valence-corrected chi connectivity index (χ2v) is 9.08. The largest absolute Gasteiger partial charge is 0.496 e. The van der Waals surface area contributed by atoms with E-state index >= 15 is 0 Å². The molecule has 2 aliphatic rings. The molecule has 2 fully saturated rings. The number of pyridine rings is 1. The lowest BCUT2D eigenvalue weighted by atomic mass is 9.79. The smallest absolute Gasteiger partial charge is 0.410 e. The van der Waals surface area contributed by atoms with Crippen LogP contribution < -0.4 is 15.6 Å². The normalized spacial score (nSPS) is 22.3. The quantitative estimate of drug-likeness (QED) is 0.635. The Kier molecular flexibility index (Phi) is 5.30. The minimum Gasteiger partial charge on any atom is -0.496 e. The second-order valence-electron chi connectivity index (χ2n) is 9.08. The van der Waals surface area contributed by atoms with Crippen LogP contribution in [0.1, 0.15) is 42.1 Å². The van der Waals surface area contributed by atoms with Gasteiger partial charge in [0.1, 0.15) is 18.0 Å². The minimum absolute atomic E-state index is 0.192. The van der Waals surface area contributed by atoms with Gasteiger partial charge in [0.05, 0.1) is 29.8 Å². The number of benzene rings is 1. The summed E-state index contributed by atoms with van der Waals surface area (Å²) in [7, 11) is 4.93. The van der Waals surface area contributed by atoms with E-state index in [4.69, 9.17) is 14.6 Å². The van der Waals surface area contributed by atoms with Crippen molar-refractivity contribution in [2.24, 2.45) is 7.05 Å². The molecule has 1 spiro atoms. The number of rotatable bonds is 4. The fourth-order valence-electron chi connectivity index (χ4n) is 4.95. The molecule has 1 saturated carbocycles. The minimum atomic E-state index is -0.427. The molecule has 1 aliphatic carbocycles. The van der Waals surface area contributed by atoms with E-state index in [2.05, 4.69) is 5.32 Å². The standard InChI is InChI=1S/C24H27N5O5/c1-27-10-4-5-18(22(27)31)25-21(30)17-11-15-13-29(26-19(15)12-20(17)33-3)16-6-8-24(9-7-16)14-34-23(32)28(24)2/h4-5,10-13,16H,6-9,14H2,1-3H3,(H,25,30)/t16-,24+. The number of anilines is 1. The topological polar surface area (TPSA) is 108 Å². The monoisotopic (exact) mass is 465 g/mol. The summed E-state index contributed by atoms with van der Waals surface area (Å²) in [5.41, 5.74) is 0.734. The molecule has 1 N–H and O–H groups in total. The highest BCUT2D eigenvalue weighted by Crippen LogP contribution is 2.41. The van der Waals surface area contributed by atoms with Gasteiger partial charge in [-0.3, -0.25) is 14.3 Å². The van der Waals surface area contributed by atoms with Crippen molar-refractivity contribution >= 4 is 28.6 Å². The van der Waals surface area contributed by atoms with Crippen LogP contribution in [0.2, 0.25) is 0 Å². The van der Waals surface area contributed by atoms with E-state index in [1.165, 1.54) is 11.7 Å². The van der Waals surface area contributed by atoms with Crippen molar-refractivity contribution in [3.8, 4) is 5.75 Å². The van der Waals surface area contributed by atoms with E-state index in [0.717, 1.165) is 36.6 Å². The van der Waals surface area contributed by atoms with Crippen LogP contribution in [0.5, 0.6) is 5.75 Å². The lowest BCUT2D eigenvalue weighted by Gasteiger charge is -2.39. The van der Waals surface area contributed by atoms with Crippen molar-refractivity contribution < 1.29 is 19.1 Å². The van der Waals surface area contributed by atoms with Crippen LogP contribution in [-0.4, -0.2) is 57.6 Å². The van der Waals surface area contributed by atoms with Crippen LogP contribution in [0.4, 0.5) is 10.5 Å². The summed E-state index contributed by atoms with van der Waals surface area (Å²) in [6, 6.07) is 6.94. The molecular weight excluding hydrogens is 438 g/mol. The van der Waals surface area contributed by atoms with Gasteiger partial charge in [-0.15, -0.1) is 0 Å². The van der Waals surface area contributed by atoms with Crippen molar-refractivity contribution in [3.05, 3.63) is 52.6 Å². The molecule has 10 heteroatoms. The number of carbonyl (C=O) groups is 2. The summed E-state index contributed by atoms with van der Waals surface area (Å²) in [4.78, 5) is 38.9. The number of nitrogens with one attached hydrogen (secondary N) is 1. The van der Waals surface area contributed by atoms with Gasteiger partial charge in [0.25, 0.3) is 11.5 Å². The summed E-state index contributed by atoms with van der Waals surface area (Å²) >= 11 is 0. The Hall–Kier alpha value is -3.82. The zero-order valence-corrected chi connectivity index (χ0v) is 19.4. The van der Waals surface area contributed by atoms with Gasteiger partial charge in [0.2, 0.25) is 0 Å². The number of aryl methyl sites for hydroxylation is 1. The van der Waals surface area contributed by atoms with Crippen LogP contribution in [0, 0.1) is 0 Å². The van der Waals surface area contributed by atoms with Crippen molar-refractivity contribution in [3.63, 3.8) is 0 Å². The van der Waals surface area contributed by atoms with Crippen molar-refractivity contribution in [2.75, 3.05) is 26.1 Å². The van der Waals surface area contributed by atoms with E-state index in [9.17, 15) is 14.4 Å². The number of ether oxygens (including phenoxy) is 2. The molecule has 0 radical (unpaired) electrons. The van der Waals surface area contributed by atoms with E-state index < -0.39 is 5.91 Å². The second kappa shape index (κ2) is 8.19. The number of fused-ring (bicyclic) bond motifs is 1. The molecule has 10 nitrogen and oxygen atoms in total. The highest BCUT2D eigenvalue weighted by atomic mass is 16.6. The van der Waals surface area contributed by atoms with Crippen LogP contribution in [0.3, 0.4) is 0 Å². The Bertz CT molecular complexity index is 1340. The molecular formula is C24H27N5O5. The van der Waals surface area contributed by atoms with Gasteiger partial charge in [0, 0.05) is 37.9 Å². The van der Waals surface area contributed by atoms with E-state index in [-0.39, 0.29) is 28.9 Å². The summed E-state index contributed by atoms with van der Waals surface area (Å²) in [5.74, 6) is -0.0443. The summed E-state index contributed by atoms with van der Waals surface area (Å²) in [5, 5.41) is 8.24. The maximum atomic E-state index is 13.0. The van der Waals surface area contributed by atoms with Gasteiger partial charge in [-0.1, -0.05) is 0 Å². The SMILES string of the molecule is COc1cc2nn([C@H]3CC[C@@]4(CC3)COC(=O)N4C)cc2cc1C(=O)Nc1cccn(C)c1=O. The molecule has 0 atom stereocenters. The van der Waals surface area contributed by atoms with E-state index in [1.54, 1.807) is 42.4 Å². The predicted molar refractivity (Wildman–Crippen MR) is 125 cm³/mol. The third-order valence-electron chi connectivity index (χ3n) is 7.17. The zero-order valence-electron chi connectivity index (χ0n) is 19.4.